The summed E-state index contributed by atoms with van der Waals surface area (Å²) >= 11 is 4.97. The predicted octanol–water partition coefficient (Wildman–Crippen LogP) is 3.90. The first-order valence-electron chi connectivity index (χ1n) is 5.32. The lowest BCUT2D eigenvalue weighted by Gasteiger charge is -2.05. The van der Waals surface area contributed by atoms with Crippen LogP contribution >= 0.6 is 27.3 Å². The molecule has 3 aromatic heterocycles. The smallest absolute Gasteiger partial charge is 0.187 e. The van der Waals surface area contributed by atoms with E-state index in [4.69, 9.17) is 0 Å². The van der Waals surface area contributed by atoms with Crippen molar-refractivity contribution < 1.29 is 0 Å². The first-order chi connectivity index (χ1) is 8.72. The number of anilines is 2. The van der Waals surface area contributed by atoms with Crippen LogP contribution in [0.15, 0.2) is 34.4 Å². The van der Waals surface area contributed by atoms with Crippen LogP contribution in [0.5, 0.6) is 0 Å². The Balaban J connectivity index is 2.06. The second-order valence-corrected chi connectivity index (χ2v) is 5.57. The first-order valence-corrected chi connectivity index (χ1v) is 6.99. The predicted molar refractivity (Wildman–Crippen MR) is 77.4 cm³/mol. The molecule has 0 spiro atoms. The summed E-state index contributed by atoms with van der Waals surface area (Å²) in [5.74, 6) is 0. The number of aryl methyl sites for hydroxylation is 1. The molecule has 0 aliphatic rings. The molecule has 0 radical (unpaired) electrons. The molecule has 0 saturated heterocycles. The standard InChI is InChI=1S/C12H9BrN4S/c1-7-6-18-12(16-7)17-9-2-3-14-10-4-8(13)5-15-11(9)10/h2-6H,1H3,(H,14,16,17). The highest BCUT2D eigenvalue weighted by Gasteiger charge is 2.06. The van der Waals surface area contributed by atoms with E-state index < -0.39 is 0 Å². The normalized spacial score (nSPS) is 10.8. The molecule has 3 aromatic rings. The summed E-state index contributed by atoms with van der Waals surface area (Å²) in [5.41, 5.74) is 3.62. The van der Waals surface area contributed by atoms with Crippen LogP contribution in [0.4, 0.5) is 10.8 Å². The third-order valence-electron chi connectivity index (χ3n) is 2.40. The van der Waals surface area contributed by atoms with Gasteiger partial charge in [-0.05, 0) is 35.0 Å². The minimum atomic E-state index is 0.841. The average Bonchev–Trinajstić information content (AvgIpc) is 2.75. The van der Waals surface area contributed by atoms with Crippen molar-refractivity contribution >= 4 is 49.1 Å². The number of pyridine rings is 2. The molecule has 4 nitrogen and oxygen atoms in total. The maximum atomic E-state index is 4.39. The first kappa shape index (κ1) is 11.6. The molecule has 3 heterocycles. The zero-order valence-electron chi connectivity index (χ0n) is 9.51. The van der Waals surface area contributed by atoms with Crippen molar-refractivity contribution in [3.05, 3.63) is 40.1 Å². The number of hydrogen-bond acceptors (Lipinski definition) is 5. The van der Waals surface area contributed by atoms with Crippen LogP contribution in [0.1, 0.15) is 5.69 Å². The Labute approximate surface area is 116 Å². The Morgan fingerprint density at radius 2 is 2.22 bits per heavy atom. The van der Waals surface area contributed by atoms with Crippen molar-refractivity contribution in [2.45, 2.75) is 6.92 Å². The Morgan fingerprint density at radius 1 is 1.33 bits per heavy atom. The maximum Gasteiger partial charge on any atom is 0.187 e. The fourth-order valence-corrected chi connectivity index (χ4v) is 2.65. The summed E-state index contributed by atoms with van der Waals surface area (Å²) in [6.45, 7) is 1.97. The van der Waals surface area contributed by atoms with E-state index in [0.717, 1.165) is 32.0 Å². The summed E-state index contributed by atoms with van der Waals surface area (Å²) in [7, 11) is 0. The van der Waals surface area contributed by atoms with Crippen molar-refractivity contribution in [1.82, 2.24) is 15.0 Å². The molecule has 90 valence electrons. The third-order valence-corrected chi connectivity index (χ3v) is 3.71. The number of aromatic nitrogens is 3. The number of thiazole rings is 1. The summed E-state index contributed by atoms with van der Waals surface area (Å²) < 4.78 is 0.921. The Bertz CT molecular complexity index is 710. The van der Waals surface area contributed by atoms with Gasteiger partial charge in [0.15, 0.2) is 5.13 Å². The monoisotopic (exact) mass is 320 g/mol. The molecule has 0 unspecified atom stereocenters. The molecule has 0 aromatic carbocycles. The summed E-state index contributed by atoms with van der Waals surface area (Å²) in [4.78, 5) is 13.1. The number of nitrogens with zero attached hydrogens (tertiary/aromatic N) is 3. The van der Waals surface area contributed by atoms with Crippen LogP contribution in [0.25, 0.3) is 11.0 Å². The molecule has 6 heteroatoms. The molecular weight excluding hydrogens is 312 g/mol. The van der Waals surface area contributed by atoms with Crippen molar-refractivity contribution in [3.8, 4) is 0 Å². The molecular formula is C12H9BrN4S. The molecule has 1 N–H and O–H groups in total. The molecule has 0 aliphatic heterocycles. The SMILES string of the molecule is Cc1csc(Nc2ccnc3cc(Br)cnc23)n1. The summed E-state index contributed by atoms with van der Waals surface area (Å²) in [6, 6.07) is 3.85. The van der Waals surface area contributed by atoms with Gasteiger partial charge in [-0.1, -0.05) is 0 Å². The maximum absolute atomic E-state index is 4.39. The number of nitrogens with one attached hydrogen (secondary N) is 1. The van der Waals surface area contributed by atoms with Crippen LogP contribution in [0, 0.1) is 6.92 Å². The third kappa shape index (κ3) is 2.21. The minimum absolute atomic E-state index is 0.841. The van der Waals surface area contributed by atoms with E-state index in [0.29, 0.717) is 0 Å². The van der Waals surface area contributed by atoms with Crippen LogP contribution < -0.4 is 5.32 Å². The molecule has 18 heavy (non-hydrogen) atoms. The van der Waals surface area contributed by atoms with Crippen LogP contribution in [-0.4, -0.2) is 15.0 Å². The van der Waals surface area contributed by atoms with Gasteiger partial charge in [0.05, 0.1) is 16.9 Å². The lowest BCUT2D eigenvalue weighted by atomic mass is 10.3. The Kier molecular flexibility index (Phi) is 2.97. The number of fused-ring (bicyclic) bond motifs is 1. The second kappa shape index (κ2) is 4.62. The number of rotatable bonds is 2. The number of hydrogen-bond donors (Lipinski definition) is 1. The molecule has 0 amide bonds. The van der Waals surface area contributed by atoms with Gasteiger partial charge in [-0.2, -0.15) is 0 Å². The molecule has 0 aliphatic carbocycles. The van der Waals surface area contributed by atoms with E-state index in [1.165, 1.54) is 0 Å². The molecule has 0 atom stereocenters. The van der Waals surface area contributed by atoms with Crippen molar-refractivity contribution in [1.29, 1.82) is 0 Å². The lowest BCUT2D eigenvalue weighted by molar-refractivity contribution is 1.26. The van der Waals surface area contributed by atoms with Crippen molar-refractivity contribution in [2.24, 2.45) is 0 Å². The van der Waals surface area contributed by atoms with Gasteiger partial charge < -0.3 is 5.32 Å². The van der Waals surface area contributed by atoms with E-state index in [-0.39, 0.29) is 0 Å². The molecule has 0 saturated carbocycles. The molecule has 3 rings (SSSR count). The van der Waals surface area contributed by atoms with Gasteiger partial charge >= 0.3 is 0 Å². The molecule has 0 bridgehead atoms. The zero-order valence-corrected chi connectivity index (χ0v) is 11.9. The Morgan fingerprint density at radius 3 is 3.00 bits per heavy atom. The highest BCUT2D eigenvalue weighted by molar-refractivity contribution is 9.10. The van der Waals surface area contributed by atoms with E-state index in [1.807, 2.05) is 24.4 Å². The second-order valence-electron chi connectivity index (χ2n) is 3.80. The van der Waals surface area contributed by atoms with Crippen LogP contribution in [0.3, 0.4) is 0 Å². The van der Waals surface area contributed by atoms with Gasteiger partial charge in [-0.15, -0.1) is 11.3 Å². The topological polar surface area (TPSA) is 50.7 Å². The van der Waals surface area contributed by atoms with Gasteiger partial charge in [-0.3, -0.25) is 9.97 Å². The van der Waals surface area contributed by atoms with Crippen molar-refractivity contribution in [2.75, 3.05) is 5.32 Å². The molecule has 0 fully saturated rings. The van der Waals surface area contributed by atoms with E-state index in [9.17, 15) is 0 Å². The van der Waals surface area contributed by atoms with E-state index in [2.05, 4.69) is 36.2 Å². The summed E-state index contributed by atoms with van der Waals surface area (Å²) in [5, 5.41) is 6.15. The van der Waals surface area contributed by atoms with Crippen LogP contribution in [0.2, 0.25) is 0 Å². The minimum Gasteiger partial charge on any atom is -0.330 e. The fourth-order valence-electron chi connectivity index (χ4n) is 1.63. The largest absolute Gasteiger partial charge is 0.330 e. The highest BCUT2D eigenvalue weighted by atomic mass is 79.9. The highest BCUT2D eigenvalue weighted by Crippen LogP contribution is 2.26. The summed E-state index contributed by atoms with van der Waals surface area (Å²) in [6.07, 6.45) is 3.53. The van der Waals surface area contributed by atoms with Gasteiger partial charge in [0.1, 0.15) is 5.52 Å². The number of halogens is 1. The van der Waals surface area contributed by atoms with Gasteiger partial charge in [0.25, 0.3) is 0 Å². The van der Waals surface area contributed by atoms with Crippen molar-refractivity contribution in [3.63, 3.8) is 0 Å². The van der Waals surface area contributed by atoms with E-state index >= 15 is 0 Å². The Hall–Kier alpha value is -1.53. The van der Waals surface area contributed by atoms with E-state index in [1.54, 1.807) is 23.7 Å². The van der Waals surface area contributed by atoms with Gasteiger partial charge in [0, 0.05) is 22.2 Å². The quantitative estimate of drug-likeness (QED) is 0.778. The lowest BCUT2D eigenvalue weighted by Crippen LogP contribution is -1.94. The fraction of sp³-hybridized carbons (Fsp3) is 0.0833. The van der Waals surface area contributed by atoms with Crippen LogP contribution in [-0.2, 0) is 0 Å². The van der Waals surface area contributed by atoms with Gasteiger partial charge in [-0.25, -0.2) is 4.98 Å². The zero-order chi connectivity index (χ0) is 12.5. The average molecular weight is 321 g/mol. The van der Waals surface area contributed by atoms with Gasteiger partial charge in [0.2, 0.25) is 0 Å².